The standard InChI is InChI=1S/C14H16O/c1-3-6-12-10(2)9-11-7-4-5-8-13(11)14(12)15/h4-5,7-8H,3,6,9H2,1-2H3. The summed E-state index contributed by atoms with van der Waals surface area (Å²) in [5, 5.41) is 0. The minimum absolute atomic E-state index is 0.246. The van der Waals surface area contributed by atoms with Crippen LogP contribution >= 0.6 is 0 Å². The molecular weight excluding hydrogens is 184 g/mol. The Kier molecular flexibility index (Phi) is 2.72. The van der Waals surface area contributed by atoms with E-state index in [2.05, 4.69) is 19.9 Å². The van der Waals surface area contributed by atoms with E-state index in [1.807, 2.05) is 18.2 Å². The number of hydrogen-bond donors (Lipinski definition) is 0. The van der Waals surface area contributed by atoms with Gasteiger partial charge < -0.3 is 0 Å². The molecule has 0 aliphatic heterocycles. The predicted molar refractivity (Wildman–Crippen MR) is 62.1 cm³/mol. The van der Waals surface area contributed by atoms with E-state index < -0.39 is 0 Å². The monoisotopic (exact) mass is 200 g/mol. The summed E-state index contributed by atoms with van der Waals surface area (Å²) in [5.74, 6) is 0.246. The van der Waals surface area contributed by atoms with Crippen molar-refractivity contribution < 1.29 is 4.79 Å². The first-order valence-corrected chi connectivity index (χ1v) is 5.55. The van der Waals surface area contributed by atoms with Crippen LogP contribution in [0.15, 0.2) is 35.4 Å². The third kappa shape index (κ3) is 1.74. The third-order valence-electron chi connectivity index (χ3n) is 3.01. The zero-order valence-electron chi connectivity index (χ0n) is 9.34. The molecule has 0 aromatic heterocycles. The molecule has 1 aliphatic carbocycles. The van der Waals surface area contributed by atoms with Crippen molar-refractivity contribution in [3.05, 3.63) is 46.5 Å². The van der Waals surface area contributed by atoms with E-state index in [-0.39, 0.29) is 5.78 Å². The van der Waals surface area contributed by atoms with Gasteiger partial charge in [-0.15, -0.1) is 0 Å². The quantitative estimate of drug-likeness (QED) is 0.713. The van der Waals surface area contributed by atoms with Crippen molar-refractivity contribution in [3.63, 3.8) is 0 Å². The summed E-state index contributed by atoms with van der Waals surface area (Å²) in [6.07, 6.45) is 2.90. The van der Waals surface area contributed by atoms with E-state index in [1.54, 1.807) is 0 Å². The molecule has 15 heavy (non-hydrogen) atoms. The first kappa shape index (κ1) is 10.2. The lowest BCUT2D eigenvalue weighted by atomic mass is 9.84. The molecule has 0 unspecified atom stereocenters. The van der Waals surface area contributed by atoms with Gasteiger partial charge >= 0.3 is 0 Å². The van der Waals surface area contributed by atoms with Gasteiger partial charge in [0.15, 0.2) is 5.78 Å². The highest BCUT2D eigenvalue weighted by Gasteiger charge is 2.22. The topological polar surface area (TPSA) is 17.1 Å². The lowest BCUT2D eigenvalue weighted by Crippen LogP contribution is -2.15. The molecule has 0 fully saturated rings. The molecule has 1 aromatic rings. The molecule has 0 spiro atoms. The maximum atomic E-state index is 12.2. The Morgan fingerprint density at radius 2 is 2.00 bits per heavy atom. The van der Waals surface area contributed by atoms with Gasteiger partial charge in [-0.3, -0.25) is 4.79 Å². The van der Waals surface area contributed by atoms with E-state index in [0.29, 0.717) is 0 Å². The number of Topliss-reactive ketones (excluding diaryl/α,β-unsaturated/α-hetero) is 1. The fourth-order valence-electron chi connectivity index (χ4n) is 2.22. The Labute approximate surface area is 90.8 Å². The van der Waals surface area contributed by atoms with Crippen LogP contribution in [0.2, 0.25) is 0 Å². The van der Waals surface area contributed by atoms with Crippen molar-refractivity contribution in [1.82, 2.24) is 0 Å². The third-order valence-corrected chi connectivity index (χ3v) is 3.01. The van der Waals surface area contributed by atoms with E-state index in [0.717, 1.165) is 30.4 Å². The first-order chi connectivity index (χ1) is 7.24. The van der Waals surface area contributed by atoms with Gasteiger partial charge in [-0.25, -0.2) is 0 Å². The highest BCUT2D eigenvalue weighted by atomic mass is 16.1. The van der Waals surface area contributed by atoms with E-state index >= 15 is 0 Å². The van der Waals surface area contributed by atoms with Crippen LogP contribution in [0.5, 0.6) is 0 Å². The van der Waals surface area contributed by atoms with Crippen LogP contribution in [-0.2, 0) is 6.42 Å². The molecule has 0 radical (unpaired) electrons. The van der Waals surface area contributed by atoms with Gasteiger partial charge in [0.1, 0.15) is 0 Å². The van der Waals surface area contributed by atoms with Crippen LogP contribution in [0, 0.1) is 0 Å². The van der Waals surface area contributed by atoms with Crippen molar-refractivity contribution >= 4 is 5.78 Å². The zero-order chi connectivity index (χ0) is 10.8. The normalized spacial score (nSPS) is 15.5. The summed E-state index contributed by atoms with van der Waals surface area (Å²) in [5.41, 5.74) is 4.38. The minimum Gasteiger partial charge on any atom is -0.289 e. The summed E-state index contributed by atoms with van der Waals surface area (Å²) in [7, 11) is 0. The maximum Gasteiger partial charge on any atom is 0.189 e. The predicted octanol–water partition coefficient (Wildman–Crippen LogP) is 3.54. The molecule has 2 rings (SSSR count). The van der Waals surface area contributed by atoms with Crippen LogP contribution in [0.1, 0.15) is 42.6 Å². The van der Waals surface area contributed by atoms with Gasteiger partial charge in [0.05, 0.1) is 0 Å². The molecule has 0 saturated carbocycles. The first-order valence-electron chi connectivity index (χ1n) is 5.55. The van der Waals surface area contributed by atoms with E-state index in [1.165, 1.54) is 11.1 Å². The molecule has 0 N–H and O–H groups in total. The lowest BCUT2D eigenvalue weighted by Gasteiger charge is -2.19. The Balaban J connectivity index is 2.44. The molecule has 0 heterocycles. The van der Waals surface area contributed by atoms with Gasteiger partial charge in [0.25, 0.3) is 0 Å². The number of benzene rings is 1. The molecular formula is C14H16O. The fourth-order valence-corrected chi connectivity index (χ4v) is 2.22. The van der Waals surface area contributed by atoms with Gasteiger partial charge in [0, 0.05) is 5.56 Å². The van der Waals surface area contributed by atoms with Crippen molar-refractivity contribution in [3.8, 4) is 0 Å². The smallest absolute Gasteiger partial charge is 0.189 e. The lowest BCUT2D eigenvalue weighted by molar-refractivity contribution is 0.102. The van der Waals surface area contributed by atoms with Crippen molar-refractivity contribution in [1.29, 1.82) is 0 Å². The molecule has 1 heteroatoms. The Bertz CT molecular complexity index is 427. The maximum absolute atomic E-state index is 12.2. The molecule has 1 nitrogen and oxygen atoms in total. The summed E-state index contributed by atoms with van der Waals surface area (Å²) in [6, 6.07) is 7.95. The Morgan fingerprint density at radius 1 is 1.27 bits per heavy atom. The molecule has 1 aliphatic rings. The number of fused-ring (bicyclic) bond motifs is 1. The van der Waals surface area contributed by atoms with Gasteiger partial charge in [-0.1, -0.05) is 43.2 Å². The second-order valence-electron chi connectivity index (χ2n) is 4.17. The molecule has 1 aromatic carbocycles. The van der Waals surface area contributed by atoms with Gasteiger partial charge in [-0.2, -0.15) is 0 Å². The van der Waals surface area contributed by atoms with Crippen LogP contribution in [0.3, 0.4) is 0 Å². The minimum atomic E-state index is 0.246. The summed E-state index contributed by atoms with van der Waals surface area (Å²) in [4.78, 5) is 12.2. The van der Waals surface area contributed by atoms with Crippen LogP contribution in [0.25, 0.3) is 0 Å². The second kappa shape index (κ2) is 4.01. The fraction of sp³-hybridized carbons (Fsp3) is 0.357. The average molecular weight is 200 g/mol. The number of carbonyl (C=O) groups is 1. The average Bonchev–Trinajstić information content (AvgIpc) is 2.24. The van der Waals surface area contributed by atoms with E-state index in [9.17, 15) is 4.79 Å². The SMILES string of the molecule is CCCC1=C(C)Cc2ccccc2C1=O. The molecule has 0 amide bonds. The summed E-state index contributed by atoms with van der Waals surface area (Å²) < 4.78 is 0. The highest BCUT2D eigenvalue weighted by Crippen LogP contribution is 2.28. The number of allylic oxidation sites excluding steroid dienone is 2. The molecule has 0 bridgehead atoms. The number of carbonyl (C=O) groups excluding carboxylic acids is 1. The van der Waals surface area contributed by atoms with Gasteiger partial charge in [0.2, 0.25) is 0 Å². The second-order valence-corrected chi connectivity index (χ2v) is 4.17. The molecule has 78 valence electrons. The van der Waals surface area contributed by atoms with Gasteiger partial charge in [-0.05, 0) is 30.9 Å². The van der Waals surface area contributed by atoms with E-state index in [4.69, 9.17) is 0 Å². The van der Waals surface area contributed by atoms with Crippen LogP contribution in [-0.4, -0.2) is 5.78 Å². The number of hydrogen-bond acceptors (Lipinski definition) is 1. The van der Waals surface area contributed by atoms with Crippen molar-refractivity contribution in [2.75, 3.05) is 0 Å². The summed E-state index contributed by atoms with van der Waals surface area (Å²) in [6.45, 7) is 4.20. The van der Waals surface area contributed by atoms with Crippen molar-refractivity contribution in [2.45, 2.75) is 33.1 Å². The van der Waals surface area contributed by atoms with Crippen LogP contribution in [0.4, 0.5) is 0 Å². The zero-order valence-corrected chi connectivity index (χ0v) is 9.34. The van der Waals surface area contributed by atoms with Crippen LogP contribution < -0.4 is 0 Å². The highest BCUT2D eigenvalue weighted by molar-refractivity contribution is 6.11. The largest absolute Gasteiger partial charge is 0.289 e. The number of rotatable bonds is 2. The Morgan fingerprint density at radius 3 is 2.73 bits per heavy atom. The van der Waals surface area contributed by atoms with Crippen molar-refractivity contribution in [2.24, 2.45) is 0 Å². The summed E-state index contributed by atoms with van der Waals surface area (Å²) >= 11 is 0. The molecule has 0 saturated heterocycles. The number of ketones is 1. The Hall–Kier alpha value is -1.37. The molecule has 0 atom stereocenters.